The van der Waals surface area contributed by atoms with Gasteiger partial charge in [-0.05, 0) is 82.4 Å². The van der Waals surface area contributed by atoms with E-state index in [-0.39, 0.29) is 24.0 Å². The fourth-order valence-corrected chi connectivity index (χ4v) is 4.87. The van der Waals surface area contributed by atoms with Crippen molar-refractivity contribution in [1.29, 1.82) is 0 Å². The number of hydrogen-bond donors (Lipinski definition) is 1. The summed E-state index contributed by atoms with van der Waals surface area (Å²) in [7, 11) is 0. The first-order chi connectivity index (χ1) is 16.0. The molecule has 1 unspecified atom stereocenters. The minimum absolute atomic E-state index is 0.00157. The normalized spacial score (nSPS) is 19.8. The molecule has 0 spiro atoms. The van der Waals surface area contributed by atoms with E-state index in [1.165, 1.54) is 12.8 Å². The highest BCUT2D eigenvalue weighted by Gasteiger charge is 2.30. The molecule has 3 heterocycles. The van der Waals surface area contributed by atoms with Crippen molar-refractivity contribution in [2.45, 2.75) is 51.7 Å². The molecule has 178 valence electrons. The highest BCUT2D eigenvalue weighted by molar-refractivity contribution is 6.30. The average Bonchev–Trinajstić information content (AvgIpc) is 3.48. The number of amides is 1. The number of carbonyl (C=O) groups excluding carboxylic acids is 1. The van der Waals surface area contributed by atoms with Crippen LogP contribution in [0.1, 0.15) is 38.7 Å². The van der Waals surface area contributed by atoms with Crippen LogP contribution >= 0.6 is 11.6 Å². The average molecular weight is 471 g/mol. The predicted octanol–water partition coefficient (Wildman–Crippen LogP) is 4.17. The molecule has 2 fully saturated rings. The van der Waals surface area contributed by atoms with Crippen LogP contribution in [0.5, 0.6) is 5.88 Å². The maximum absolute atomic E-state index is 13.2. The second-order valence-electron chi connectivity index (χ2n) is 9.50. The van der Waals surface area contributed by atoms with E-state index in [0.717, 1.165) is 61.8 Å². The molecular weight excluding hydrogens is 436 g/mol. The van der Waals surface area contributed by atoms with Gasteiger partial charge in [-0.15, -0.1) is 0 Å². The minimum Gasteiger partial charge on any atom is -0.475 e. The fourth-order valence-electron chi connectivity index (χ4n) is 4.75. The van der Waals surface area contributed by atoms with Crippen LogP contribution in [0.3, 0.4) is 0 Å². The molecule has 0 radical (unpaired) electrons. The molecule has 6 nitrogen and oxygen atoms in total. The van der Waals surface area contributed by atoms with Crippen molar-refractivity contribution in [1.82, 2.24) is 15.2 Å². The smallest absolute Gasteiger partial charge is 0.225 e. The van der Waals surface area contributed by atoms with E-state index < -0.39 is 0 Å². The minimum atomic E-state index is 0.00157. The molecule has 7 heteroatoms. The van der Waals surface area contributed by atoms with Gasteiger partial charge in [0.05, 0.1) is 12.0 Å². The molecule has 1 N–H and O–H groups in total. The zero-order chi connectivity index (χ0) is 23.2. The van der Waals surface area contributed by atoms with Gasteiger partial charge in [0.15, 0.2) is 0 Å². The Balaban J connectivity index is 1.37. The molecule has 2 aliphatic heterocycles. The summed E-state index contributed by atoms with van der Waals surface area (Å²) >= 11 is 6.02. The molecule has 1 aromatic carbocycles. The third kappa shape index (κ3) is 6.84. The Morgan fingerprint density at radius 3 is 2.58 bits per heavy atom. The Bertz CT molecular complexity index is 898. The zero-order valence-electron chi connectivity index (χ0n) is 19.7. The molecule has 4 rings (SSSR count). The number of nitrogens with zero attached hydrogens (tertiary/aromatic N) is 3. The Labute approximate surface area is 202 Å². The molecule has 1 aromatic heterocycles. The molecule has 0 aliphatic carbocycles. The summed E-state index contributed by atoms with van der Waals surface area (Å²) in [6, 6.07) is 11.9. The van der Waals surface area contributed by atoms with Crippen LogP contribution in [0.15, 0.2) is 42.6 Å². The Morgan fingerprint density at radius 1 is 1.15 bits per heavy atom. The number of benzene rings is 1. The van der Waals surface area contributed by atoms with Gasteiger partial charge in [0.2, 0.25) is 11.8 Å². The number of nitrogens with one attached hydrogen (secondary N) is 1. The lowest BCUT2D eigenvalue weighted by molar-refractivity contribution is -0.125. The Hall–Kier alpha value is -2.31. The second kappa shape index (κ2) is 11.2. The number of pyridine rings is 1. The highest BCUT2D eigenvalue weighted by atomic mass is 35.5. The summed E-state index contributed by atoms with van der Waals surface area (Å²) in [4.78, 5) is 22.4. The van der Waals surface area contributed by atoms with Crippen LogP contribution in [0.4, 0.5) is 5.69 Å². The molecule has 0 saturated carbocycles. The van der Waals surface area contributed by atoms with Crippen molar-refractivity contribution in [2.24, 2.45) is 5.92 Å². The molecule has 2 aromatic rings. The van der Waals surface area contributed by atoms with Crippen LogP contribution in [0.25, 0.3) is 0 Å². The van der Waals surface area contributed by atoms with Crippen LogP contribution in [-0.2, 0) is 11.2 Å². The van der Waals surface area contributed by atoms with Gasteiger partial charge >= 0.3 is 0 Å². The Morgan fingerprint density at radius 2 is 1.91 bits per heavy atom. The van der Waals surface area contributed by atoms with E-state index in [4.69, 9.17) is 16.3 Å². The predicted molar refractivity (Wildman–Crippen MR) is 133 cm³/mol. The van der Waals surface area contributed by atoms with E-state index in [1.807, 2.05) is 50.4 Å². The fraction of sp³-hybridized carbons (Fsp3) is 0.538. The highest BCUT2D eigenvalue weighted by Crippen LogP contribution is 2.25. The van der Waals surface area contributed by atoms with Gasteiger partial charge in [-0.1, -0.05) is 17.7 Å². The lowest BCUT2D eigenvalue weighted by Gasteiger charge is -2.26. The SMILES string of the molecule is CC(C)Oc1ccc(CC(CN2CCCC2)NC(=O)[C@@H]2CCN(c3ccc(Cl)cc3)C2)cn1. The first-order valence-corrected chi connectivity index (χ1v) is 12.5. The van der Waals surface area contributed by atoms with Crippen molar-refractivity contribution in [3.8, 4) is 5.88 Å². The Kier molecular flexibility index (Phi) is 8.10. The van der Waals surface area contributed by atoms with Gasteiger partial charge in [0.1, 0.15) is 0 Å². The molecule has 2 atom stereocenters. The first-order valence-electron chi connectivity index (χ1n) is 12.1. The van der Waals surface area contributed by atoms with Gasteiger partial charge in [-0.3, -0.25) is 4.79 Å². The van der Waals surface area contributed by atoms with E-state index >= 15 is 0 Å². The van der Waals surface area contributed by atoms with Crippen molar-refractivity contribution in [2.75, 3.05) is 37.6 Å². The summed E-state index contributed by atoms with van der Waals surface area (Å²) in [5.41, 5.74) is 2.24. The van der Waals surface area contributed by atoms with Gasteiger partial charge in [-0.2, -0.15) is 0 Å². The number of ether oxygens (including phenoxy) is 1. The van der Waals surface area contributed by atoms with Crippen LogP contribution in [0, 0.1) is 5.92 Å². The van der Waals surface area contributed by atoms with Gasteiger partial charge in [0, 0.05) is 48.6 Å². The van der Waals surface area contributed by atoms with E-state index in [2.05, 4.69) is 26.2 Å². The van der Waals surface area contributed by atoms with Crippen molar-refractivity contribution in [3.63, 3.8) is 0 Å². The lowest BCUT2D eigenvalue weighted by atomic mass is 10.0. The van der Waals surface area contributed by atoms with Crippen molar-refractivity contribution < 1.29 is 9.53 Å². The number of anilines is 1. The summed E-state index contributed by atoms with van der Waals surface area (Å²) < 4.78 is 5.67. The summed E-state index contributed by atoms with van der Waals surface area (Å²) in [5.74, 6) is 0.798. The summed E-state index contributed by atoms with van der Waals surface area (Å²) in [5, 5.41) is 4.11. The number of likely N-dealkylation sites (tertiary alicyclic amines) is 1. The van der Waals surface area contributed by atoms with Crippen LogP contribution in [-0.4, -0.2) is 60.7 Å². The summed E-state index contributed by atoms with van der Waals surface area (Å²) in [6.45, 7) is 8.72. The van der Waals surface area contributed by atoms with Crippen molar-refractivity contribution >= 4 is 23.2 Å². The number of halogens is 1. The van der Waals surface area contributed by atoms with E-state index in [1.54, 1.807) is 0 Å². The molecule has 2 aliphatic rings. The monoisotopic (exact) mass is 470 g/mol. The second-order valence-corrected chi connectivity index (χ2v) is 9.93. The maximum atomic E-state index is 13.2. The van der Waals surface area contributed by atoms with Gasteiger partial charge in [-0.25, -0.2) is 4.98 Å². The lowest BCUT2D eigenvalue weighted by Crippen LogP contribution is -2.46. The standard InChI is InChI=1S/C26H35ClN4O2/c1-19(2)33-25-10-5-20(16-28-25)15-23(18-30-12-3-4-13-30)29-26(32)21-11-14-31(17-21)24-8-6-22(27)7-9-24/h5-10,16,19,21,23H,3-4,11-15,17-18H2,1-2H3,(H,29,32)/t21-,23?/m1/s1. The summed E-state index contributed by atoms with van der Waals surface area (Å²) in [6.07, 6.45) is 6.09. The van der Waals surface area contributed by atoms with Gasteiger partial charge < -0.3 is 19.9 Å². The number of rotatable bonds is 9. The number of hydrogen-bond acceptors (Lipinski definition) is 5. The molecule has 1 amide bonds. The van der Waals surface area contributed by atoms with Crippen molar-refractivity contribution in [3.05, 3.63) is 53.2 Å². The van der Waals surface area contributed by atoms with Crippen LogP contribution < -0.4 is 15.0 Å². The van der Waals surface area contributed by atoms with E-state index in [9.17, 15) is 4.79 Å². The molecular formula is C26H35ClN4O2. The topological polar surface area (TPSA) is 57.7 Å². The molecule has 0 bridgehead atoms. The largest absolute Gasteiger partial charge is 0.475 e. The number of aromatic nitrogens is 1. The third-order valence-electron chi connectivity index (χ3n) is 6.41. The maximum Gasteiger partial charge on any atom is 0.225 e. The van der Waals surface area contributed by atoms with Crippen LogP contribution in [0.2, 0.25) is 5.02 Å². The number of carbonyl (C=O) groups is 1. The molecule has 2 saturated heterocycles. The van der Waals surface area contributed by atoms with Gasteiger partial charge in [0.25, 0.3) is 0 Å². The zero-order valence-corrected chi connectivity index (χ0v) is 20.4. The molecule has 33 heavy (non-hydrogen) atoms. The third-order valence-corrected chi connectivity index (χ3v) is 6.66. The quantitative estimate of drug-likeness (QED) is 0.596. The first kappa shape index (κ1) is 23.8. The van der Waals surface area contributed by atoms with E-state index in [0.29, 0.717) is 5.88 Å².